The number of benzene rings is 1. The van der Waals surface area contributed by atoms with Crippen molar-refractivity contribution in [2.24, 2.45) is 0 Å². The lowest BCUT2D eigenvalue weighted by Crippen LogP contribution is -2.27. The van der Waals surface area contributed by atoms with Crippen molar-refractivity contribution in [1.29, 1.82) is 0 Å². The molecule has 2 N–H and O–H groups in total. The van der Waals surface area contributed by atoms with Gasteiger partial charge in [0.15, 0.2) is 4.21 Å². The van der Waals surface area contributed by atoms with Crippen LogP contribution in [-0.2, 0) is 10.0 Å². The molecule has 1 aromatic carbocycles. The number of nitrogens with one attached hydrogen (secondary N) is 2. The van der Waals surface area contributed by atoms with E-state index in [1.165, 1.54) is 0 Å². The van der Waals surface area contributed by atoms with Gasteiger partial charge in [-0.25, -0.2) is 13.1 Å². The third kappa shape index (κ3) is 3.36. The number of H-pyrrole nitrogens is 1. The molecule has 0 aliphatic carbocycles. The van der Waals surface area contributed by atoms with Crippen LogP contribution in [0.2, 0.25) is 0 Å². The highest BCUT2D eigenvalue weighted by molar-refractivity contribution is 7.91. The van der Waals surface area contributed by atoms with E-state index < -0.39 is 10.0 Å². The molecule has 1 aromatic heterocycles. The SMILES string of the molecule is Cc1[nH]c(=O)sc1S(=O)(=O)NCC(C)c1ccccc1. The van der Waals surface area contributed by atoms with Gasteiger partial charge in [0.25, 0.3) is 10.0 Å². The van der Waals surface area contributed by atoms with Gasteiger partial charge in [-0.05, 0) is 18.4 Å². The van der Waals surface area contributed by atoms with Crippen LogP contribution in [0.25, 0.3) is 0 Å². The van der Waals surface area contributed by atoms with E-state index in [1.807, 2.05) is 37.3 Å². The molecule has 0 amide bonds. The molecule has 0 spiro atoms. The minimum Gasteiger partial charge on any atom is -0.315 e. The summed E-state index contributed by atoms with van der Waals surface area (Å²) in [6, 6.07) is 9.67. The molecule has 0 aliphatic heterocycles. The van der Waals surface area contributed by atoms with Crippen LogP contribution in [-0.4, -0.2) is 19.9 Å². The fourth-order valence-electron chi connectivity index (χ4n) is 1.85. The maximum absolute atomic E-state index is 12.1. The Morgan fingerprint density at radius 2 is 1.95 bits per heavy atom. The maximum Gasteiger partial charge on any atom is 0.305 e. The fraction of sp³-hybridized carbons (Fsp3) is 0.308. The molecule has 20 heavy (non-hydrogen) atoms. The lowest BCUT2D eigenvalue weighted by atomic mass is 10.0. The van der Waals surface area contributed by atoms with Gasteiger partial charge in [-0.1, -0.05) is 48.6 Å². The van der Waals surface area contributed by atoms with Crippen LogP contribution in [0.4, 0.5) is 0 Å². The van der Waals surface area contributed by atoms with Crippen molar-refractivity contribution >= 4 is 21.4 Å². The molecule has 5 nitrogen and oxygen atoms in total. The molecular weight excluding hydrogens is 296 g/mol. The van der Waals surface area contributed by atoms with E-state index in [-0.39, 0.29) is 21.5 Å². The summed E-state index contributed by atoms with van der Waals surface area (Å²) in [4.78, 5) is 13.3. The number of thiazole rings is 1. The summed E-state index contributed by atoms with van der Waals surface area (Å²) in [6.45, 7) is 3.81. The zero-order valence-corrected chi connectivity index (χ0v) is 12.8. The Bertz CT molecular complexity index is 732. The molecule has 0 bridgehead atoms. The van der Waals surface area contributed by atoms with Crippen LogP contribution in [0.5, 0.6) is 0 Å². The molecule has 0 fully saturated rings. The highest BCUT2D eigenvalue weighted by Crippen LogP contribution is 2.18. The largest absolute Gasteiger partial charge is 0.315 e. The van der Waals surface area contributed by atoms with Gasteiger partial charge < -0.3 is 4.98 Å². The van der Waals surface area contributed by atoms with Gasteiger partial charge in [-0.3, -0.25) is 4.79 Å². The molecule has 1 atom stereocenters. The van der Waals surface area contributed by atoms with Gasteiger partial charge in [-0.15, -0.1) is 0 Å². The minimum absolute atomic E-state index is 0.0574. The predicted molar refractivity (Wildman–Crippen MR) is 79.7 cm³/mol. The first-order chi connectivity index (χ1) is 9.40. The van der Waals surface area contributed by atoms with Crippen molar-refractivity contribution in [3.8, 4) is 0 Å². The van der Waals surface area contributed by atoms with Gasteiger partial charge in [0, 0.05) is 12.2 Å². The summed E-state index contributed by atoms with van der Waals surface area (Å²) < 4.78 is 26.9. The van der Waals surface area contributed by atoms with Crippen molar-refractivity contribution in [3.05, 3.63) is 51.3 Å². The van der Waals surface area contributed by atoms with Crippen molar-refractivity contribution < 1.29 is 8.42 Å². The van der Waals surface area contributed by atoms with Crippen molar-refractivity contribution in [2.75, 3.05) is 6.54 Å². The molecule has 0 saturated heterocycles. The lowest BCUT2D eigenvalue weighted by molar-refractivity contribution is 0.576. The van der Waals surface area contributed by atoms with E-state index in [0.717, 1.165) is 5.56 Å². The van der Waals surface area contributed by atoms with Gasteiger partial charge in [0.2, 0.25) is 0 Å². The van der Waals surface area contributed by atoms with Crippen molar-refractivity contribution in [2.45, 2.75) is 24.0 Å². The Morgan fingerprint density at radius 3 is 2.50 bits per heavy atom. The van der Waals surface area contributed by atoms with Gasteiger partial charge in [0.05, 0.1) is 0 Å². The second-order valence-corrected chi connectivity index (χ2v) is 7.54. The van der Waals surface area contributed by atoms with Crippen LogP contribution in [0.15, 0.2) is 39.3 Å². The Balaban J connectivity index is 2.10. The summed E-state index contributed by atoms with van der Waals surface area (Å²) >= 11 is 0.707. The van der Waals surface area contributed by atoms with E-state index in [2.05, 4.69) is 9.71 Å². The van der Waals surface area contributed by atoms with Crippen LogP contribution < -0.4 is 9.60 Å². The Kier molecular flexibility index (Phi) is 4.42. The van der Waals surface area contributed by atoms with Crippen LogP contribution in [0.3, 0.4) is 0 Å². The standard InChI is InChI=1S/C13H16N2O3S2/c1-9(11-6-4-3-5-7-11)8-14-20(17,18)12-10(2)15-13(16)19-12/h3-7,9,14H,8H2,1-2H3,(H,15,16). The number of aryl methyl sites for hydroxylation is 1. The van der Waals surface area contributed by atoms with Gasteiger partial charge in [-0.2, -0.15) is 0 Å². The summed E-state index contributed by atoms with van der Waals surface area (Å²) in [5.41, 5.74) is 1.44. The quantitative estimate of drug-likeness (QED) is 0.884. The molecule has 0 saturated carbocycles. The third-order valence-electron chi connectivity index (χ3n) is 2.97. The topological polar surface area (TPSA) is 79.0 Å². The Labute approximate surface area is 121 Å². The molecule has 0 aliphatic rings. The highest BCUT2D eigenvalue weighted by Gasteiger charge is 2.21. The average Bonchev–Trinajstić information content (AvgIpc) is 2.77. The van der Waals surface area contributed by atoms with Crippen LogP contribution in [0.1, 0.15) is 24.1 Å². The average molecular weight is 312 g/mol. The maximum atomic E-state index is 12.1. The third-order valence-corrected chi connectivity index (χ3v) is 6.00. The van der Waals surface area contributed by atoms with Crippen LogP contribution >= 0.6 is 11.3 Å². The molecule has 0 radical (unpaired) electrons. The fourth-order valence-corrected chi connectivity index (χ4v) is 4.32. The molecule has 7 heteroatoms. The Hall–Kier alpha value is -1.44. The number of sulfonamides is 1. The summed E-state index contributed by atoms with van der Waals surface area (Å²) in [5, 5.41) is 0. The summed E-state index contributed by atoms with van der Waals surface area (Å²) in [6.07, 6.45) is 0. The monoisotopic (exact) mass is 312 g/mol. The van der Waals surface area contributed by atoms with E-state index in [0.29, 0.717) is 17.0 Å². The van der Waals surface area contributed by atoms with E-state index in [1.54, 1.807) is 6.92 Å². The number of aromatic amines is 1. The second-order valence-electron chi connectivity index (χ2n) is 4.59. The molecule has 1 heterocycles. The lowest BCUT2D eigenvalue weighted by Gasteiger charge is -2.12. The smallest absolute Gasteiger partial charge is 0.305 e. The molecule has 2 rings (SSSR count). The van der Waals surface area contributed by atoms with Gasteiger partial charge in [0.1, 0.15) is 0 Å². The second kappa shape index (κ2) is 5.90. The number of hydrogen-bond donors (Lipinski definition) is 2. The number of rotatable bonds is 5. The highest BCUT2D eigenvalue weighted by atomic mass is 32.2. The van der Waals surface area contributed by atoms with E-state index in [9.17, 15) is 13.2 Å². The molecule has 2 aromatic rings. The molecule has 1 unspecified atom stereocenters. The van der Waals surface area contributed by atoms with Crippen molar-refractivity contribution in [1.82, 2.24) is 9.71 Å². The summed E-state index contributed by atoms with van der Waals surface area (Å²) in [5.74, 6) is 0.0574. The number of hydrogen-bond acceptors (Lipinski definition) is 4. The normalized spacial score (nSPS) is 13.3. The van der Waals surface area contributed by atoms with Crippen LogP contribution in [0, 0.1) is 6.92 Å². The zero-order chi connectivity index (χ0) is 14.8. The zero-order valence-electron chi connectivity index (χ0n) is 11.2. The first kappa shape index (κ1) is 15.0. The number of aromatic nitrogens is 1. The first-order valence-corrected chi connectivity index (χ1v) is 8.44. The minimum atomic E-state index is -3.64. The van der Waals surface area contributed by atoms with Gasteiger partial charge >= 0.3 is 4.87 Å². The predicted octanol–water partition coefficient (Wildman–Crippen LogP) is 1.83. The first-order valence-electron chi connectivity index (χ1n) is 6.14. The van der Waals surface area contributed by atoms with Crippen molar-refractivity contribution in [3.63, 3.8) is 0 Å². The summed E-state index contributed by atoms with van der Waals surface area (Å²) in [7, 11) is -3.64. The van der Waals surface area contributed by atoms with E-state index in [4.69, 9.17) is 0 Å². The van der Waals surface area contributed by atoms with E-state index >= 15 is 0 Å². The Morgan fingerprint density at radius 1 is 1.30 bits per heavy atom. The molecular formula is C13H16N2O3S2. The molecule has 108 valence electrons.